The molecule has 0 aliphatic carbocycles. The second-order valence-corrected chi connectivity index (χ2v) is 4.62. The fourth-order valence-electron chi connectivity index (χ4n) is 1.51. The second-order valence-electron chi connectivity index (χ2n) is 3.77. The number of ether oxygens (including phenoxy) is 1. The van der Waals surface area contributed by atoms with Crippen LogP contribution in [-0.4, -0.2) is 11.2 Å². The van der Waals surface area contributed by atoms with E-state index in [1.54, 1.807) is 0 Å². The predicted octanol–water partition coefficient (Wildman–Crippen LogP) is 4.51. The Bertz CT molecular complexity index is 688. The minimum absolute atomic E-state index is 0.0364. The summed E-state index contributed by atoms with van der Waals surface area (Å²) < 4.78 is 5.41. The number of nitro groups is 1. The Morgan fingerprint density at radius 1 is 1.15 bits per heavy atom. The molecule has 5 nitrogen and oxygen atoms in total. The van der Waals surface area contributed by atoms with E-state index in [0.29, 0.717) is 11.8 Å². The van der Waals surface area contributed by atoms with E-state index in [4.69, 9.17) is 27.9 Å². The molecule has 0 atom stereocenters. The Labute approximate surface area is 123 Å². The van der Waals surface area contributed by atoms with Gasteiger partial charge in [-0.05, 0) is 24.3 Å². The van der Waals surface area contributed by atoms with Gasteiger partial charge in [0.1, 0.15) is 5.75 Å². The standard InChI is InChI=1S/C13H7Cl2NO4/c14-9-2-4-13(12(5-9)16(18)19)20-10-3-1-8(7-17)11(15)6-10/h1-7H. The highest BCUT2D eigenvalue weighted by Gasteiger charge is 2.16. The summed E-state index contributed by atoms with van der Waals surface area (Å²) in [6.07, 6.45) is 0.608. The van der Waals surface area contributed by atoms with Gasteiger partial charge in [0.05, 0.1) is 9.95 Å². The molecule has 2 rings (SSSR count). The number of hydrogen-bond acceptors (Lipinski definition) is 4. The van der Waals surface area contributed by atoms with Gasteiger partial charge in [0.25, 0.3) is 0 Å². The number of rotatable bonds is 4. The average Bonchev–Trinajstić information content (AvgIpc) is 2.41. The maximum Gasteiger partial charge on any atom is 0.313 e. The van der Waals surface area contributed by atoms with Crippen molar-refractivity contribution in [3.8, 4) is 11.5 Å². The molecule has 102 valence electrons. The molecule has 2 aromatic carbocycles. The highest BCUT2D eigenvalue weighted by atomic mass is 35.5. The molecule has 0 saturated carbocycles. The first kappa shape index (κ1) is 14.3. The zero-order valence-electron chi connectivity index (χ0n) is 9.88. The van der Waals surface area contributed by atoms with Crippen LogP contribution >= 0.6 is 23.2 Å². The van der Waals surface area contributed by atoms with E-state index in [1.807, 2.05) is 0 Å². The minimum atomic E-state index is -0.595. The lowest BCUT2D eigenvalue weighted by molar-refractivity contribution is -0.385. The first-order chi connectivity index (χ1) is 9.51. The molecular formula is C13H7Cl2NO4. The van der Waals surface area contributed by atoms with Gasteiger partial charge in [-0.25, -0.2) is 0 Å². The van der Waals surface area contributed by atoms with Crippen LogP contribution in [0.2, 0.25) is 10.0 Å². The van der Waals surface area contributed by atoms with Crippen molar-refractivity contribution in [2.75, 3.05) is 0 Å². The lowest BCUT2D eigenvalue weighted by Gasteiger charge is -2.07. The third-order valence-electron chi connectivity index (χ3n) is 2.44. The van der Waals surface area contributed by atoms with Crippen molar-refractivity contribution >= 4 is 35.2 Å². The molecule has 0 saturated heterocycles. The summed E-state index contributed by atoms with van der Waals surface area (Å²) in [4.78, 5) is 21.0. The SMILES string of the molecule is O=Cc1ccc(Oc2ccc(Cl)cc2[N+](=O)[O-])cc1Cl. The highest BCUT2D eigenvalue weighted by molar-refractivity contribution is 6.33. The molecule has 0 spiro atoms. The van der Waals surface area contributed by atoms with Crippen LogP contribution in [0.25, 0.3) is 0 Å². The molecule has 0 fully saturated rings. The van der Waals surface area contributed by atoms with E-state index in [9.17, 15) is 14.9 Å². The van der Waals surface area contributed by atoms with Crippen molar-refractivity contribution in [3.63, 3.8) is 0 Å². The molecule has 0 aliphatic heterocycles. The maximum absolute atomic E-state index is 10.9. The molecule has 0 aliphatic rings. The first-order valence-electron chi connectivity index (χ1n) is 5.38. The first-order valence-corrected chi connectivity index (χ1v) is 6.13. The summed E-state index contributed by atoms with van der Waals surface area (Å²) in [5.41, 5.74) is 0.0534. The summed E-state index contributed by atoms with van der Waals surface area (Å²) in [5.74, 6) is 0.320. The molecule has 0 heterocycles. The molecule has 0 aromatic heterocycles. The van der Waals surface area contributed by atoms with Gasteiger partial charge in [0, 0.05) is 22.7 Å². The van der Waals surface area contributed by atoms with Crippen LogP contribution in [0, 0.1) is 10.1 Å². The normalized spacial score (nSPS) is 10.1. The largest absolute Gasteiger partial charge is 0.450 e. The maximum atomic E-state index is 10.9. The smallest absolute Gasteiger partial charge is 0.313 e. The Kier molecular flexibility index (Phi) is 4.22. The van der Waals surface area contributed by atoms with Crippen LogP contribution in [0.5, 0.6) is 11.5 Å². The van der Waals surface area contributed by atoms with Crippen LogP contribution in [0.15, 0.2) is 36.4 Å². The Hall–Kier alpha value is -2.11. The summed E-state index contributed by atoms with van der Waals surface area (Å²) in [6, 6.07) is 8.43. The fourth-order valence-corrected chi connectivity index (χ4v) is 1.89. The van der Waals surface area contributed by atoms with E-state index in [2.05, 4.69) is 0 Å². The van der Waals surface area contributed by atoms with E-state index in [1.165, 1.54) is 36.4 Å². The number of nitrogens with zero attached hydrogens (tertiary/aromatic N) is 1. The van der Waals surface area contributed by atoms with Gasteiger partial charge < -0.3 is 4.74 Å². The molecule has 0 bridgehead atoms. The van der Waals surface area contributed by atoms with E-state index in [-0.39, 0.29) is 27.2 Å². The Balaban J connectivity index is 2.37. The molecule has 20 heavy (non-hydrogen) atoms. The number of hydrogen-bond donors (Lipinski definition) is 0. The lowest BCUT2D eigenvalue weighted by Crippen LogP contribution is -1.94. The van der Waals surface area contributed by atoms with Gasteiger partial charge in [-0.15, -0.1) is 0 Å². The third kappa shape index (κ3) is 3.07. The topological polar surface area (TPSA) is 69.4 Å². The molecule has 0 amide bonds. The van der Waals surface area contributed by atoms with Gasteiger partial charge in [0.15, 0.2) is 6.29 Å². The summed E-state index contributed by atoms with van der Waals surface area (Å²) >= 11 is 11.6. The van der Waals surface area contributed by atoms with Crippen molar-refractivity contribution < 1.29 is 14.5 Å². The summed E-state index contributed by atoms with van der Waals surface area (Å²) in [7, 11) is 0. The number of carbonyl (C=O) groups is 1. The molecule has 0 radical (unpaired) electrons. The predicted molar refractivity (Wildman–Crippen MR) is 75.0 cm³/mol. The van der Waals surface area contributed by atoms with E-state index in [0.717, 1.165) is 0 Å². The van der Waals surface area contributed by atoms with Gasteiger partial charge >= 0.3 is 5.69 Å². The van der Waals surface area contributed by atoms with Crippen molar-refractivity contribution in [2.24, 2.45) is 0 Å². The fraction of sp³-hybridized carbons (Fsp3) is 0. The molecule has 7 heteroatoms. The van der Waals surface area contributed by atoms with Gasteiger partial charge in [0.2, 0.25) is 5.75 Å². The van der Waals surface area contributed by atoms with Crippen LogP contribution in [0.4, 0.5) is 5.69 Å². The molecule has 2 aromatic rings. The van der Waals surface area contributed by atoms with E-state index >= 15 is 0 Å². The van der Waals surface area contributed by atoms with Crippen molar-refractivity contribution in [1.29, 1.82) is 0 Å². The van der Waals surface area contributed by atoms with Gasteiger partial charge in [-0.2, -0.15) is 0 Å². The summed E-state index contributed by atoms with van der Waals surface area (Å²) in [6.45, 7) is 0. The number of benzene rings is 2. The minimum Gasteiger partial charge on any atom is -0.450 e. The summed E-state index contributed by atoms with van der Waals surface area (Å²) in [5, 5.41) is 11.4. The monoisotopic (exact) mass is 311 g/mol. The number of halogens is 2. The van der Waals surface area contributed by atoms with Gasteiger partial charge in [-0.1, -0.05) is 23.2 Å². The third-order valence-corrected chi connectivity index (χ3v) is 3.01. The van der Waals surface area contributed by atoms with Crippen LogP contribution < -0.4 is 4.74 Å². The van der Waals surface area contributed by atoms with Crippen LogP contribution in [-0.2, 0) is 0 Å². The molecule has 0 N–H and O–H groups in total. The van der Waals surface area contributed by atoms with Crippen LogP contribution in [0.3, 0.4) is 0 Å². The average molecular weight is 312 g/mol. The molecular weight excluding hydrogens is 305 g/mol. The van der Waals surface area contributed by atoms with Crippen molar-refractivity contribution in [1.82, 2.24) is 0 Å². The number of nitro benzene ring substituents is 1. The quantitative estimate of drug-likeness (QED) is 0.473. The number of carbonyl (C=O) groups excluding carboxylic acids is 1. The highest BCUT2D eigenvalue weighted by Crippen LogP contribution is 2.34. The van der Waals surface area contributed by atoms with Crippen molar-refractivity contribution in [2.45, 2.75) is 0 Å². The Morgan fingerprint density at radius 3 is 2.50 bits per heavy atom. The lowest BCUT2D eigenvalue weighted by atomic mass is 10.2. The number of aldehydes is 1. The van der Waals surface area contributed by atoms with E-state index < -0.39 is 4.92 Å². The zero-order chi connectivity index (χ0) is 14.7. The Morgan fingerprint density at radius 2 is 1.90 bits per heavy atom. The van der Waals surface area contributed by atoms with Crippen LogP contribution in [0.1, 0.15) is 10.4 Å². The molecule has 0 unspecified atom stereocenters. The second kappa shape index (κ2) is 5.90. The zero-order valence-corrected chi connectivity index (χ0v) is 11.4. The van der Waals surface area contributed by atoms with Crippen molar-refractivity contribution in [3.05, 3.63) is 62.1 Å². The van der Waals surface area contributed by atoms with Gasteiger partial charge in [-0.3, -0.25) is 14.9 Å².